The molecular weight excluding hydrogens is 753 g/mol. The van der Waals surface area contributed by atoms with Crippen LogP contribution >= 0.6 is 0 Å². The monoisotopic (exact) mass is 821 g/mol. The predicted octanol–water partition coefficient (Wildman–Crippen LogP) is 13.0. The zero-order chi connectivity index (χ0) is 43.1. The fourth-order valence-electron chi connectivity index (χ4n) is 6.92. The van der Waals surface area contributed by atoms with Crippen molar-refractivity contribution in [1.82, 2.24) is 15.0 Å². The van der Waals surface area contributed by atoms with Crippen LogP contribution in [0, 0.1) is 17.8 Å². The summed E-state index contributed by atoms with van der Waals surface area (Å²) in [6.07, 6.45) is 14.6. The first-order valence-corrected chi connectivity index (χ1v) is 22.4. The summed E-state index contributed by atoms with van der Waals surface area (Å²) in [7, 11) is 0. The van der Waals surface area contributed by atoms with E-state index >= 15 is 0 Å². The molecule has 3 N–H and O–H groups in total. The highest BCUT2D eigenvalue weighted by molar-refractivity contribution is 5.96. The summed E-state index contributed by atoms with van der Waals surface area (Å²) in [6.45, 7) is 13.8. The van der Waals surface area contributed by atoms with Crippen LogP contribution in [-0.4, -0.2) is 45.9 Å². The highest BCUT2D eigenvalue weighted by atomic mass is 16.5. The Labute approximate surface area is 358 Å². The van der Waals surface area contributed by atoms with E-state index in [9.17, 15) is 14.4 Å². The Hall–Kier alpha value is -5.32. The molecule has 0 aliphatic heterocycles. The second-order valence-electron chi connectivity index (χ2n) is 15.8. The smallest absolute Gasteiger partial charge is 0.338 e. The molecule has 324 valence electrons. The van der Waals surface area contributed by atoms with Gasteiger partial charge in [-0.2, -0.15) is 15.0 Å². The first-order valence-electron chi connectivity index (χ1n) is 22.4. The minimum Gasteiger partial charge on any atom is -0.462 e. The molecule has 11 nitrogen and oxygen atoms in total. The fraction of sp³-hybridized carbons (Fsp3) is 0.510. The van der Waals surface area contributed by atoms with Gasteiger partial charge in [0.2, 0.25) is 17.8 Å². The average molecular weight is 821 g/mol. The van der Waals surface area contributed by atoms with Crippen molar-refractivity contribution in [1.29, 1.82) is 0 Å². The summed E-state index contributed by atoms with van der Waals surface area (Å²) in [6, 6.07) is 21.3. The summed E-state index contributed by atoms with van der Waals surface area (Å²) < 4.78 is 11.3. The lowest BCUT2D eigenvalue weighted by molar-refractivity contribution is 0.0419. The van der Waals surface area contributed by atoms with Gasteiger partial charge >= 0.3 is 11.9 Å². The number of esters is 2. The van der Waals surface area contributed by atoms with Crippen LogP contribution in [0.2, 0.25) is 0 Å². The number of unbranched alkanes of at least 4 members (excludes halogenated alkanes) is 3. The molecule has 3 atom stereocenters. The number of aromatic nitrogens is 3. The molecule has 3 unspecified atom stereocenters. The predicted molar refractivity (Wildman–Crippen MR) is 243 cm³/mol. The molecular formula is C49H68N6O5. The standard InChI is InChI=1S/C49H68N6O5/c1-7-13-16-35(10-4)19-32-44(56)38-20-26-41(27-21-38)50-47-53-48(51-42-28-22-39(23-29-42)45(57)59-33-36(11-5)17-14-8-2)55-49(54-47)52-43-30-24-40(25-31-43)46(58)60-34-37(12-6)18-15-9-3/h20-31,35-37H,7-19,32-34H2,1-6H3,(H3,50,51,52,53,54,55). The third-order valence-electron chi connectivity index (χ3n) is 11.2. The molecule has 0 radical (unpaired) electrons. The fourth-order valence-corrected chi connectivity index (χ4v) is 6.92. The maximum atomic E-state index is 13.1. The van der Waals surface area contributed by atoms with Crippen LogP contribution in [0.15, 0.2) is 72.8 Å². The third kappa shape index (κ3) is 16.0. The van der Waals surface area contributed by atoms with E-state index in [4.69, 9.17) is 9.47 Å². The molecule has 0 amide bonds. The Morgan fingerprint density at radius 2 is 0.800 bits per heavy atom. The van der Waals surface area contributed by atoms with Crippen LogP contribution in [0.25, 0.3) is 0 Å². The van der Waals surface area contributed by atoms with Crippen molar-refractivity contribution in [3.63, 3.8) is 0 Å². The van der Waals surface area contributed by atoms with E-state index in [1.165, 1.54) is 19.3 Å². The Morgan fingerprint density at radius 3 is 1.13 bits per heavy atom. The number of carbonyl (C=O) groups excluding carboxylic acids is 3. The lowest BCUT2D eigenvalue weighted by Crippen LogP contribution is -2.14. The first kappa shape index (κ1) is 47.4. The number of anilines is 6. The van der Waals surface area contributed by atoms with E-state index < -0.39 is 0 Å². The van der Waals surface area contributed by atoms with Crippen LogP contribution < -0.4 is 16.0 Å². The second kappa shape index (κ2) is 26.0. The number of Topliss-reactive ketones (excluding diaryl/α,β-unsaturated/α-hetero) is 1. The molecule has 0 aliphatic rings. The number of rotatable bonds is 28. The number of benzene rings is 3. The van der Waals surface area contributed by atoms with Crippen molar-refractivity contribution in [2.24, 2.45) is 17.8 Å². The number of nitrogens with zero attached hydrogens (tertiary/aromatic N) is 3. The van der Waals surface area contributed by atoms with Crippen molar-refractivity contribution in [2.75, 3.05) is 29.2 Å². The summed E-state index contributed by atoms with van der Waals surface area (Å²) in [5.74, 6) is 1.49. The minimum atomic E-state index is -0.351. The number of carbonyl (C=O) groups is 3. The van der Waals surface area contributed by atoms with Crippen LogP contribution in [0.1, 0.15) is 163 Å². The van der Waals surface area contributed by atoms with Gasteiger partial charge in [0.1, 0.15) is 0 Å². The van der Waals surface area contributed by atoms with Gasteiger partial charge in [0.15, 0.2) is 5.78 Å². The van der Waals surface area contributed by atoms with Crippen LogP contribution in [-0.2, 0) is 9.47 Å². The molecule has 0 bridgehead atoms. The summed E-state index contributed by atoms with van der Waals surface area (Å²) in [5.41, 5.74) is 3.63. The first-order chi connectivity index (χ1) is 29.2. The molecule has 0 saturated heterocycles. The largest absolute Gasteiger partial charge is 0.462 e. The highest BCUT2D eigenvalue weighted by Crippen LogP contribution is 2.25. The van der Waals surface area contributed by atoms with Crippen molar-refractivity contribution in [3.05, 3.63) is 89.5 Å². The molecule has 11 heteroatoms. The van der Waals surface area contributed by atoms with Gasteiger partial charge in [-0.3, -0.25) is 4.79 Å². The number of ketones is 1. The Morgan fingerprint density at radius 1 is 0.467 bits per heavy atom. The molecule has 60 heavy (non-hydrogen) atoms. The van der Waals surface area contributed by atoms with Gasteiger partial charge in [-0.15, -0.1) is 0 Å². The highest BCUT2D eigenvalue weighted by Gasteiger charge is 2.16. The van der Waals surface area contributed by atoms with E-state index in [1.54, 1.807) is 48.5 Å². The topological polar surface area (TPSA) is 144 Å². The van der Waals surface area contributed by atoms with Gasteiger partial charge in [0.05, 0.1) is 24.3 Å². The van der Waals surface area contributed by atoms with E-state index in [0.29, 0.717) is 71.1 Å². The van der Waals surface area contributed by atoms with Crippen molar-refractivity contribution < 1.29 is 23.9 Å². The second-order valence-corrected chi connectivity index (χ2v) is 15.8. The maximum Gasteiger partial charge on any atom is 0.338 e. The van der Waals surface area contributed by atoms with Crippen LogP contribution in [0.3, 0.4) is 0 Å². The summed E-state index contributed by atoms with van der Waals surface area (Å²) >= 11 is 0. The number of hydrogen-bond donors (Lipinski definition) is 3. The van der Waals surface area contributed by atoms with Crippen molar-refractivity contribution >= 4 is 52.6 Å². The Balaban J connectivity index is 1.49. The summed E-state index contributed by atoms with van der Waals surface area (Å²) in [4.78, 5) is 52.6. The van der Waals surface area contributed by atoms with E-state index in [1.807, 2.05) is 24.3 Å². The zero-order valence-electron chi connectivity index (χ0n) is 36.9. The Bertz CT molecular complexity index is 1650. The SMILES string of the molecule is CCCCC(CC)CCC(=O)c1ccc(Nc2nc(Nc3ccc(C(=O)OCC(CC)CCCC)cc3)nc(Nc3ccc(C(=O)OCC(CC)CCCC)cc3)n2)cc1. The molecule has 0 aliphatic carbocycles. The molecule has 0 spiro atoms. The van der Waals surface area contributed by atoms with Gasteiger partial charge in [-0.1, -0.05) is 106 Å². The van der Waals surface area contributed by atoms with Gasteiger partial charge in [0.25, 0.3) is 0 Å². The van der Waals surface area contributed by atoms with Crippen LogP contribution in [0.5, 0.6) is 0 Å². The molecule has 4 rings (SSSR count). The van der Waals surface area contributed by atoms with Gasteiger partial charge in [-0.25, -0.2) is 9.59 Å². The normalized spacial score (nSPS) is 12.6. The van der Waals surface area contributed by atoms with Crippen molar-refractivity contribution in [2.45, 2.75) is 131 Å². The quantitative estimate of drug-likeness (QED) is 0.0372. The maximum absolute atomic E-state index is 13.1. The molecule has 4 aromatic rings. The lowest BCUT2D eigenvalue weighted by atomic mass is 9.92. The van der Waals surface area contributed by atoms with Crippen molar-refractivity contribution in [3.8, 4) is 0 Å². The Kier molecular flexibility index (Phi) is 20.5. The van der Waals surface area contributed by atoms with Crippen LogP contribution in [0.4, 0.5) is 34.9 Å². The molecule has 1 heterocycles. The summed E-state index contributed by atoms with van der Waals surface area (Å²) in [5, 5.41) is 9.73. The number of hydrogen-bond acceptors (Lipinski definition) is 11. The van der Waals surface area contributed by atoms with E-state index in [0.717, 1.165) is 64.2 Å². The van der Waals surface area contributed by atoms with Gasteiger partial charge in [0, 0.05) is 29.0 Å². The lowest BCUT2D eigenvalue weighted by Gasteiger charge is -2.15. The van der Waals surface area contributed by atoms with E-state index in [-0.39, 0.29) is 35.6 Å². The van der Waals surface area contributed by atoms with Gasteiger partial charge in [-0.05, 0) is 110 Å². The number of nitrogens with one attached hydrogen (secondary N) is 3. The number of ether oxygens (including phenoxy) is 2. The molecule has 1 aromatic heterocycles. The minimum absolute atomic E-state index is 0.141. The third-order valence-corrected chi connectivity index (χ3v) is 11.2. The van der Waals surface area contributed by atoms with E-state index in [2.05, 4.69) is 72.4 Å². The molecule has 0 fully saturated rings. The molecule has 0 saturated carbocycles. The average Bonchev–Trinajstić information content (AvgIpc) is 3.27. The molecule has 3 aromatic carbocycles. The van der Waals surface area contributed by atoms with Gasteiger partial charge < -0.3 is 25.4 Å². The zero-order valence-corrected chi connectivity index (χ0v) is 36.9.